The number of benzene rings is 2. The highest BCUT2D eigenvalue weighted by molar-refractivity contribution is 9.10. The molecule has 0 spiro atoms. The normalized spacial score (nSPS) is 11.2. The van der Waals surface area contributed by atoms with Crippen molar-refractivity contribution in [1.82, 2.24) is 0 Å². The van der Waals surface area contributed by atoms with Crippen LogP contribution in [-0.4, -0.2) is 14.3 Å². The Bertz CT molecular complexity index is 786. The van der Waals surface area contributed by atoms with Crippen LogP contribution < -0.4 is 10.5 Å². The molecule has 0 aliphatic heterocycles. The summed E-state index contributed by atoms with van der Waals surface area (Å²) in [5.41, 5.74) is 2.04. The van der Waals surface area contributed by atoms with Crippen LogP contribution in [0.2, 0.25) is 0 Å². The Morgan fingerprint density at radius 1 is 1.14 bits per heavy atom. The van der Waals surface area contributed by atoms with E-state index in [1.54, 1.807) is 12.1 Å². The zero-order valence-corrected chi connectivity index (χ0v) is 13.5. The van der Waals surface area contributed by atoms with Gasteiger partial charge in [-0.1, -0.05) is 17.7 Å². The molecule has 2 rings (SSSR count). The van der Waals surface area contributed by atoms with Crippen molar-refractivity contribution in [2.45, 2.75) is 11.8 Å². The maximum absolute atomic E-state index is 12.1. The van der Waals surface area contributed by atoms with Gasteiger partial charge in [-0.05, 0) is 53.2 Å². The zero-order valence-electron chi connectivity index (χ0n) is 11.1. The van der Waals surface area contributed by atoms with E-state index in [9.17, 15) is 13.2 Å². The molecule has 2 aromatic carbocycles. The topological polar surface area (TPSA) is 89.3 Å². The van der Waals surface area contributed by atoms with Gasteiger partial charge in [-0.3, -0.25) is 4.79 Å². The summed E-state index contributed by atoms with van der Waals surface area (Å²) in [5.74, 6) is -0.279. The Morgan fingerprint density at radius 2 is 1.76 bits per heavy atom. The Kier molecular flexibility index (Phi) is 4.46. The van der Waals surface area contributed by atoms with Crippen LogP contribution in [-0.2, 0) is 10.0 Å². The number of anilines is 1. The molecule has 0 radical (unpaired) electrons. The molecule has 0 atom stereocenters. The third kappa shape index (κ3) is 3.90. The first-order chi connectivity index (χ1) is 9.77. The zero-order chi connectivity index (χ0) is 15.6. The molecule has 3 N–H and O–H groups in total. The van der Waals surface area contributed by atoms with Crippen molar-refractivity contribution in [3.8, 4) is 0 Å². The second-order valence-electron chi connectivity index (χ2n) is 4.51. The van der Waals surface area contributed by atoms with Gasteiger partial charge in [0.1, 0.15) is 0 Å². The highest BCUT2D eigenvalue weighted by atomic mass is 79.9. The number of nitrogens with two attached hydrogens (primary N) is 1. The molecule has 110 valence electrons. The number of nitrogens with one attached hydrogen (secondary N) is 1. The predicted octanol–water partition coefficient (Wildman–Crippen LogP) is 2.66. The SMILES string of the molecule is Cc1ccc(C(=O)Nc2ccc(S(N)(=O)=O)cc2Br)cc1. The number of hydrogen-bond acceptors (Lipinski definition) is 3. The van der Waals surface area contributed by atoms with Gasteiger partial charge in [-0.2, -0.15) is 0 Å². The Balaban J connectivity index is 2.24. The largest absolute Gasteiger partial charge is 0.321 e. The van der Waals surface area contributed by atoms with Gasteiger partial charge in [0.05, 0.1) is 10.6 Å². The van der Waals surface area contributed by atoms with Gasteiger partial charge < -0.3 is 5.32 Å². The van der Waals surface area contributed by atoms with E-state index in [2.05, 4.69) is 21.2 Å². The minimum absolute atomic E-state index is 0.0253. The number of hydrogen-bond donors (Lipinski definition) is 2. The summed E-state index contributed by atoms with van der Waals surface area (Å²) in [7, 11) is -3.77. The van der Waals surface area contributed by atoms with Crippen LogP contribution in [0.5, 0.6) is 0 Å². The van der Waals surface area contributed by atoms with E-state index in [0.29, 0.717) is 15.7 Å². The number of amides is 1. The van der Waals surface area contributed by atoms with Crippen molar-refractivity contribution in [1.29, 1.82) is 0 Å². The van der Waals surface area contributed by atoms with Crippen LogP contribution in [0.1, 0.15) is 15.9 Å². The average Bonchev–Trinajstić information content (AvgIpc) is 2.40. The fraction of sp³-hybridized carbons (Fsp3) is 0.0714. The van der Waals surface area contributed by atoms with Gasteiger partial charge in [0, 0.05) is 10.0 Å². The average molecular weight is 369 g/mol. The number of rotatable bonds is 3. The van der Waals surface area contributed by atoms with Gasteiger partial charge in [0.25, 0.3) is 5.91 Å². The summed E-state index contributed by atoms with van der Waals surface area (Å²) in [6.45, 7) is 1.93. The summed E-state index contributed by atoms with van der Waals surface area (Å²) in [6.07, 6.45) is 0. The van der Waals surface area contributed by atoms with E-state index < -0.39 is 10.0 Å². The van der Waals surface area contributed by atoms with E-state index in [0.717, 1.165) is 5.56 Å². The van der Waals surface area contributed by atoms with Gasteiger partial charge in [-0.15, -0.1) is 0 Å². The number of sulfonamides is 1. The maximum atomic E-state index is 12.1. The van der Waals surface area contributed by atoms with Gasteiger partial charge in [-0.25, -0.2) is 13.6 Å². The Labute approximate surface area is 131 Å². The number of aryl methyl sites for hydroxylation is 1. The number of carbonyl (C=O) groups is 1. The Morgan fingerprint density at radius 3 is 2.29 bits per heavy atom. The Hall–Kier alpha value is -1.70. The fourth-order valence-electron chi connectivity index (χ4n) is 1.67. The summed E-state index contributed by atoms with van der Waals surface area (Å²) < 4.78 is 22.9. The van der Waals surface area contributed by atoms with Gasteiger partial charge >= 0.3 is 0 Å². The lowest BCUT2D eigenvalue weighted by Gasteiger charge is -2.09. The van der Waals surface area contributed by atoms with Crippen molar-refractivity contribution >= 4 is 37.5 Å². The first kappa shape index (κ1) is 15.7. The fourth-order valence-corrected chi connectivity index (χ4v) is 2.84. The molecule has 0 fully saturated rings. The summed E-state index contributed by atoms with van der Waals surface area (Å²) in [5, 5.41) is 7.75. The third-order valence-electron chi connectivity index (χ3n) is 2.83. The molecule has 5 nitrogen and oxygen atoms in total. The molecule has 0 aliphatic carbocycles. The van der Waals surface area contributed by atoms with Gasteiger partial charge in [0.2, 0.25) is 10.0 Å². The number of carbonyl (C=O) groups excluding carboxylic acids is 1. The van der Waals surface area contributed by atoms with Crippen LogP contribution in [0.15, 0.2) is 51.8 Å². The van der Waals surface area contributed by atoms with Crippen LogP contribution >= 0.6 is 15.9 Å². The van der Waals surface area contributed by atoms with Crippen molar-refractivity contribution < 1.29 is 13.2 Å². The molecule has 0 bridgehead atoms. The summed E-state index contributed by atoms with van der Waals surface area (Å²) in [4.78, 5) is 12.1. The lowest BCUT2D eigenvalue weighted by molar-refractivity contribution is 0.102. The molecule has 0 aliphatic rings. The maximum Gasteiger partial charge on any atom is 0.255 e. The van der Waals surface area contributed by atoms with Crippen LogP contribution in [0.25, 0.3) is 0 Å². The van der Waals surface area contributed by atoms with Crippen LogP contribution in [0.3, 0.4) is 0 Å². The summed E-state index contributed by atoms with van der Waals surface area (Å²) >= 11 is 3.22. The smallest absolute Gasteiger partial charge is 0.255 e. The second-order valence-corrected chi connectivity index (χ2v) is 6.92. The van der Waals surface area contributed by atoms with E-state index in [-0.39, 0.29) is 10.8 Å². The van der Waals surface area contributed by atoms with E-state index >= 15 is 0 Å². The molecular weight excluding hydrogens is 356 g/mol. The molecule has 0 saturated heterocycles. The van der Waals surface area contributed by atoms with E-state index in [1.807, 2.05) is 19.1 Å². The molecule has 21 heavy (non-hydrogen) atoms. The minimum atomic E-state index is -3.77. The quantitative estimate of drug-likeness (QED) is 0.872. The highest BCUT2D eigenvalue weighted by Crippen LogP contribution is 2.25. The molecule has 2 aromatic rings. The monoisotopic (exact) mass is 368 g/mol. The minimum Gasteiger partial charge on any atom is -0.321 e. The van der Waals surface area contributed by atoms with Crippen molar-refractivity contribution in [3.63, 3.8) is 0 Å². The first-order valence-electron chi connectivity index (χ1n) is 5.98. The molecule has 0 heterocycles. The number of halogens is 1. The summed E-state index contributed by atoms with van der Waals surface area (Å²) in [6, 6.07) is 11.3. The van der Waals surface area contributed by atoms with Crippen LogP contribution in [0.4, 0.5) is 5.69 Å². The molecule has 0 aromatic heterocycles. The van der Waals surface area contributed by atoms with Gasteiger partial charge in [0.15, 0.2) is 0 Å². The standard InChI is InChI=1S/C14H13BrN2O3S/c1-9-2-4-10(5-3-9)14(18)17-13-7-6-11(8-12(13)15)21(16,19)20/h2-8H,1H3,(H,17,18)(H2,16,19,20). The molecule has 7 heteroatoms. The highest BCUT2D eigenvalue weighted by Gasteiger charge is 2.12. The van der Waals surface area contributed by atoms with E-state index in [4.69, 9.17) is 5.14 Å². The first-order valence-corrected chi connectivity index (χ1v) is 8.31. The van der Waals surface area contributed by atoms with Crippen molar-refractivity contribution in [2.24, 2.45) is 5.14 Å². The third-order valence-corrected chi connectivity index (χ3v) is 4.40. The molecule has 1 amide bonds. The second kappa shape index (κ2) is 5.97. The van der Waals surface area contributed by atoms with Crippen molar-refractivity contribution in [2.75, 3.05) is 5.32 Å². The lowest BCUT2D eigenvalue weighted by Crippen LogP contribution is -2.14. The predicted molar refractivity (Wildman–Crippen MR) is 84.6 cm³/mol. The van der Waals surface area contributed by atoms with Crippen molar-refractivity contribution in [3.05, 3.63) is 58.1 Å². The molecule has 0 saturated carbocycles. The molecular formula is C14H13BrN2O3S. The molecule has 0 unspecified atom stereocenters. The number of primary sulfonamides is 1. The van der Waals surface area contributed by atoms with E-state index in [1.165, 1.54) is 18.2 Å². The lowest BCUT2D eigenvalue weighted by atomic mass is 10.1. The van der Waals surface area contributed by atoms with Crippen LogP contribution in [0, 0.1) is 6.92 Å².